The number of rotatable bonds is 10. The molecule has 0 aliphatic carbocycles. The number of amides is 1. The van der Waals surface area contributed by atoms with E-state index in [0.29, 0.717) is 24.7 Å². The lowest BCUT2D eigenvalue weighted by atomic mass is 10.00. The van der Waals surface area contributed by atoms with Crippen molar-refractivity contribution >= 4 is 14.7 Å². The summed E-state index contributed by atoms with van der Waals surface area (Å²) in [4.78, 5) is 18.6. The van der Waals surface area contributed by atoms with Gasteiger partial charge < -0.3 is 18.6 Å². The molecular weight excluding hydrogens is 340 g/mol. The molecule has 2 unspecified atom stereocenters. The van der Waals surface area contributed by atoms with Gasteiger partial charge in [-0.2, -0.15) is 5.06 Å². The van der Waals surface area contributed by atoms with E-state index in [0.717, 1.165) is 19.3 Å². The van der Waals surface area contributed by atoms with Crippen molar-refractivity contribution in [2.75, 3.05) is 27.9 Å². The predicted octanol–water partition coefficient (Wildman–Crippen LogP) is 2.34. The van der Waals surface area contributed by atoms with Crippen molar-refractivity contribution in [3.63, 3.8) is 0 Å². The van der Waals surface area contributed by atoms with E-state index in [-0.39, 0.29) is 5.91 Å². The third kappa shape index (κ3) is 6.30. The lowest BCUT2D eigenvalue weighted by molar-refractivity contribution is -0.272. The first-order valence-corrected chi connectivity index (χ1v) is 11.1. The van der Waals surface area contributed by atoms with Crippen LogP contribution in [0.1, 0.15) is 53.4 Å². The SMILES string of the molecule is CO[Si](CCCNC(=O)C(C)(C)ON1C(C)CCCC1C)(OC)OC. The molecule has 1 saturated heterocycles. The van der Waals surface area contributed by atoms with E-state index in [2.05, 4.69) is 19.2 Å². The van der Waals surface area contributed by atoms with Crippen molar-refractivity contribution in [1.82, 2.24) is 10.4 Å². The maximum atomic E-state index is 12.5. The van der Waals surface area contributed by atoms with Crippen molar-refractivity contribution in [2.24, 2.45) is 0 Å². The molecule has 0 aromatic heterocycles. The fourth-order valence-electron chi connectivity index (χ4n) is 3.16. The lowest BCUT2D eigenvalue weighted by Gasteiger charge is -2.41. The smallest absolute Gasteiger partial charge is 0.377 e. The van der Waals surface area contributed by atoms with Gasteiger partial charge in [-0.15, -0.1) is 0 Å². The molecular formula is C17H36N2O5Si. The number of hydrogen-bond acceptors (Lipinski definition) is 6. The van der Waals surface area contributed by atoms with Gasteiger partial charge in [0.1, 0.15) is 0 Å². The van der Waals surface area contributed by atoms with E-state index in [1.54, 1.807) is 21.3 Å². The summed E-state index contributed by atoms with van der Waals surface area (Å²) in [6.45, 7) is 8.45. The van der Waals surface area contributed by atoms with Gasteiger partial charge in [-0.3, -0.25) is 9.63 Å². The molecule has 1 N–H and O–H groups in total. The Morgan fingerprint density at radius 2 is 1.64 bits per heavy atom. The highest BCUT2D eigenvalue weighted by Crippen LogP contribution is 2.26. The number of piperidine rings is 1. The van der Waals surface area contributed by atoms with Gasteiger partial charge in [-0.25, -0.2) is 0 Å². The van der Waals surface area contributed by atoms with Crippen LogP contribution < -0.4 is 5.32 Å². The quantitative estimate of drug-likeness (QED) is 0.466. The van der Waals surface area contributed by atoms with E-state index in [1.807, 2.05) is 18.9 Å². The van der Waals surface area contributed by atoms with Gasteiger partial charge in [0.2, 0.25) is 0 Å². The zero-order valence-electron chi connectivity index (χ0n) is 16.9. The Bertz CT molecular complexity index is 400. The van der Waals surface area contributed by atoms with Gasteiger partial charge in [-0.1, -0.05) is 6.42 Å². The molecule has 0 aromatic carbocycles. The summed E-state index contributed by atoms with van der Waals surface area (Å²) < 4.78 is 16.2. The Kier molecular flexibility index (Phi) is 9.00. The zero-order chi connectivity index (χ0) is 19.1. The molecule has 7 nitrogen and oxygen atoms in total. The fraction of sp³-hybridized carbons (Fsp3) is 0.941. The average molecular weight is 377 g/mol. The standard InChI is InChI=1S/C17H36N2O5Si/c1-14-10-8-11-15(2)19(14)24-17(3,4)16(20)18-12-9-13-25(21-5,22-6)23-7/h14-15H,8-13H2,1-7H3,(H,18,20). The van der Waals surface area contributed by atoms with Gasteiger partial charge in [0.25, 0.3) is 5.91 Å². The summed E-state index contributed by atoms with van der Waals surface area (Å²) in [5.74, 6) is -0.114. The minimum Gasteiger partial charge on any atom is -0.377 e. The van der Waals surface area contributed by atoms with Crippen LogP contribution in [0, 0.1) is 0 Å². The Labute approximate surface area is 153 Å². The number of nitrogens with one attached hydrogen (secondary N) is 1. The molecule has 2 atom stereocenters. The molecule has 25 heavy (non-hydrogen) atoms. The number of nitrogens with zero attached hydrogens (tertiary/aromatic N) is 1. The minimum atomic E-state index is -2.58. The van der Waals surface area contributed by atoms with Crippen LogP contribution in [0.15, 0.2) is 0 Å². The van der Waals surface area contributed by atoms with Gasteiger partial charge in [0.05, 0.1) is 0 Å². The molecule has 0 bridgehead atoms. The van der Waals surface area contributed by atoms with Crippen LogP contribution in [0.5, 0.6) is 0 Å². The third-order valence-corrected chi connectivity index (χ3v) is 7.70. The zero-order valence-corrected chi connectivity index (χ0v) is 17.9. The minimum absolute atomic E-state index is 0.114. The molecule has 0 aromatic rings. The van der Waals surface area contributed by atoms with Crippen LogP contribution >= 0.6 is 0 Å². The Morgan fingerprint density at radius 1 is 1.12 bits per heavy atom. The van der Waals surface area contributed by atoms with E-state index in [9.17, 15) is 4.79 Å². The van der Waals surface area contributed by atoms with E-state index >= 15 is 0 Å². The highest BCUT2D eigenvalue weighted by atomic mass is 28.4. The van der Waals surface area contributed by atoms with E-state index < -0.39 is 14.4 Å². The second-order valence-electron chi connectivity index (χ2n) is 7.25. The molecule has 1 amide bonds. The van der Waals surface area contributed by atoms with E-state index in [1.165, 1.54) is 6.42 Å². The number of hydroxylamine groups is 2. The highest BCUT2D eigenvalue weighted by molar-refractivity contribution is 6.60. The molecule has 0 radical (unpaired) electrons. The predicted molar refractivity (Wildman–Crippen MR) is 99.0 cm³/mol. The summed E-state index contributed by atoms with van der Waals surface area (Å²) in [6.07, 6.45) is 4.12. The van der Waals surface area contributed by atoms with E-state index in [4.69, 9.17) is 18.1 Å². The van der Waals surface area contributed by atoms with Crippen LogP contribution in [0.2, 0.25) is 6.04 Å². The Hall–Kier alpha value is -0.513. The average Bonchev–Trinajstić information content (AvgIpc) is 2.59. The Morgan fingerprint density at radius 3 is 2.12 bits per heavy atom. The normalized spacial score (nSPS) is 22.8. The van der Waals surface area contributed by atoms with Gasteiger partial charge in [0.15, 0.2) is 5.60 Å². The van der Waals surface area contributed by atoms with Crippen LogP contribution in [0.4, 0.5) is 0 Å². The summed E-state index contributed by atoms with van der Waals surface area (Å²) in [6, 6.07) is 1.30. The second kappa shape index (κ2) is 9.99. The molecule has 148 valence electrons. The molecule has 1 aliphatic heterocycles. The third-order valence-electron chi connectivity index (χ3n) is 4.87. The maximum absolute atomic E-state index is 12.5. The van der Waals surface area contributed by atoms with Crippen LogP contribution in [0.25, 0.3) is 0 Å². The first kappa shape index (κ1) is 22.5. The topological polar surface area (TPSA) is 69.3 Å². The number of carbonyl (C=O) groups excluding carboxylic acids is 1. The van der Waals surface area contributed by atoms with Crippen LogP contribution in [-0.2, 0) is 22.9 Å². The number of carbonyl (C=O) groups is 1. The summed E-state index contributed by atoms with van der Waals surface area (Å²) in [5, 5.41) is 4.94. The van der Waals surface area contributed by atoms with Gasteiger partial charge in [0, 0.05) is 46.0 Å². The van der Waals surface area contributed by atoms with Crippen molar-refractivity contribution in [2.45, 2.75) is 77.1 Å². The molecule has 0 spiro atoms. The molecule has 1 fully saturated rings. The highest BCUT2D eigenvalue weighted by Gasteiger charge is 2.38. The molecule has 8 heteroatoms. The fourth-order valence-corrected chi connectivity index (χ4v) is 4.88. The number of hydrogen-bond donors (Lipinski definition) is 1. The Balaban J connectivity index is 2.47. The molecule has 1 heterocycles. The van der Waals surface area contributed by atoms with Gasteiger partial charge in [-0.05, 0) is 47.0 Å². The molecule has 1 rings (SSSR count). The second-order valence-corrected chi connectivity index (χ2v) is 10.3. The van der Waals surface area contributed by atoms with Crippen molar-refractivity contribution in [3.8, 4) is 0 Å². The van der Waals surface area contributed by atoms with Crippen molar-refractivity contribution in [3.05, 3.63) is 0 Å². The summed E-state index contributed by atoms with van der Waals surface area (Å²) in [7, 11) is 2.20. The maximum Gasteiger partial charge on any atom is 0.500 e. The van der Waals surface area contributed by atoms with Gasteiger partial charge >= 0.3 is 8.80 Å². The van der Waals surface area contributed by atoms with Crippen molar-refractivity contribution in [1.29, 1.82) is 0 Å². The first-order chi connectivity index (χ1) is 11.7. The first-order valence-electron chi connectivity index (χ1n) is 9.12. The lowest BCUT2D eigenvalue weighted by Crippen LogP contribution is -2.53. The summed E-state index contributed by atoms with van der Waals surface area (Å²) >= 11 is 0. The molecule has 1 aliphatic rings. The van der Waals surface area contributed by atoms with Crippen LogP contribution in [0.3, 0.4) is 0 Å². The summed E-state index contributed by atoms with van der Waals surface area (Å²) in [5.41, 5.74) is -0.905. The largest absolute Gasteiger partial charge is 0.500 e. The van der Waals surface area contributed by atoms with Crippen molar-refractivity contribution < 1.29 is 22.9 Å². The monoisotopic (exact) mass is 376 g/mol. The molecule has 0 saturated carbocycles. The van der Waals surface area contributed by atoms with Crippen LogP contribution in [-0.4, -0.2) is 65.3 Å².